The quantitative estimate of drug-likeness (QED) is 0.895. The molecule has 0 aromatic heterocycles. The predicted octanol–water partition coefficient (Wildman–Crippen LogP) is 2.24. The lowest BCUT2D eigenvalue weighted by Crippen LogP contribution is -2.49. The number of piperazine rings is 1. The molecule has 23 heavy (non-hydrogen) atoms. The van der Waals surface area contributed by atoms with Crippen molar-refractivity contribution in [1.82, 2.24) is 10.2 Å². The maximum atomic E-state index is 11.4. The zero-order valence-electron chi connectivity index (χ0n) is 13.8. The molecule has 2 fully saturated rings. The van der Waals surface area contributed by atoms with E-state index in [4.69, 9.17) is 0 Å². The molecule has 124 valence electrons. The van der Waals surface area contributed by atoms with E-state index in [1.807, 2.05) is 18.2 Å². The van der Waals surface area contributed by atoms with E-state index in [1.165, 1.54) is 6.42 Å². The highest BCUT2D eigenvalue weighted by atomic mass is 16.3. The molecule has 2 N–H and O–H groups in total. The zero-order chi connectivity index (χ0) is 16.1. The van der Waals surface area contributed by atoms with Crippen LogP contribution in [0.15, 0.2) is 24.3 Å². The molecule has 0 amide bonds. The summed E-state index contributed by atoms with van der Waals surface area (Å²) in [4.78, 5) is 2.45. The first-order valence-corrected chi connectivity index (χ1v) is 8.87. The Labute approximate surface area is 139 Å². The normalized spacial score (nSPS) is 23.1. The van der Waals surface area contributed by atoms with Crippen LogP contribution in [0.2, 0.25) is 0 Å². The van der Waals surface area contributed by atoms with E-state index < -0.39 is 5.60 Å². The van der Waals surface area contributed by atoms with Gasteiger partial charge in [-0.1, -0.05) is 31.4 Å². The fraction of sp³-hybridized carbons (Fsp3) is 0.632. The third-order valence-corrected chi connectivity index (χ3v) is 5.44. The van der Waals surface area contributed by atoms with Crippen LogP contribution >= 0.6 is 0 Å². The summed E-state index contributed by atoms with van der Waals surface area (Å²) in [5.74, 6) is 0.0919. The molecule has 1 aliphatic carbocycles. The number of hydrogen-bond acceptors (Lipinski definition) is 4. The molecule has 1 aromatic rings. The molecule has 2 aliphatic rings. The Kier molecular flexibility index (Phi) is 5.32. The second-order valence-electron chi connectivity index (χ2n) is 7.00. The Bertz CT molecular complexity index is 554. The van der Waals surface area contributed by atoms with Crippen molar-refractivity contribution in [2.45, 2.75) is 43.6 Å². The second-order valence-corrected chi connectivity index (χ2v) is 7.00. The van der Waals surface area contributed by atoms with Crippen molar-refractivity contribution >= 4 is 0 Å². The van der Waals surface area contributed by atoms with Crippen LogP contribution in [0.25, 0.3) is 0 Å². The van der Waals surface area contributed by atoms with Gasteiger partial charge in [-0.2, -0.15) is 5.26 Å². The predicted molar refractivity (Wildman–Crippen MR) is 91.2 cm³/mol. The molecule has 1 atom stereocenters. The number of nitrogens with zero attached hydrogens (tertiary/aromatic N) is 2. The van der Waals surface area contributed by atoms with Gasteiger partial charge in [0.1, 0.15) is 0 Å². The van der Waals surface area contributed by atoms with Gasteiger partial charge in [-0.3, -0.25) is 0 Å². The average Bonchev–Trinajstić information content (AvgIpc) is 2.61. The molecule has 1 heterocycles. The summed E-state index contributed by atoms with van der Waals surface area (Å²) in [6, 6.07) is 10.1. The lowest BCUT2D eigenvalue weighted by atomic mass is 9.72. The van der Waals surface area contributed by atoms with Crippen molar-refractivity contribution in [3.63, 3.8) is 0 Å². The van der Waals surface area contributed by atoms with E-state index in [0.717, 1.165) is 64.0 Å². The van der Waals surface area contributed by atoms with Crippen molar-refractivity contribution in [2.24, 2.45) is 0 Å². The van der Waals surface area contributed by atoms with Gasteiger partial charge in [-0.05, 0) is 30.5 Å². The van der Waals surface area contributed by atoms with Crippen molar-refractivity contribution in [1.29, 1.82) is 5.26 Å². The van der Waals surface area contributed by atoms with Gasteiger partial charge < -0.3 is 15.3 Å². The Morgan fingerprint density at radius 1 is 1.22 bits per heavy atom. The number of benzene rings is 1. The summed E-state index contributed by atoms with van der Waals surface area (Å²) in [5.41, 5.74) is 1.18. The van der Waals surface area contributed by atoms with Crippen LogP contribution in [0.3, 0.4) is 0 Å². The minimum Gasteiger partial charge on any atom is -0.389 e. The number of nitrogens with one attached hydrogen (secondary N) is 1. The maximum Gasteiger partial charge on any atom is 0.0991 e. The first kappa shape index (κ1) is 16.4. The summed E-state index contributed by atoms with van der Waals surface area (Å²) in [6.45, 7) is 4.98. The van der Waals surface area contributed by atoms with Crippen molar-refractivity contribution in [3.05, 3.63) is 35.4 Å². The lowest BCUT2D eigenvalue weighted by molar-refractivity contribution is -0.0316. The largest absolute Gasteiger partial charge is 0.389 e. The number of aliphatic hydroxyl groups is 1. The van der Waals surface area contributed by atoms with Gasteiger partial charge in [0.2, 0.25) is 0 Å². The molecular weight excluding hydrogens is 286 g/mol. The minimum atomic E-state index is -0.628. The Morgan fingerprint density at radius 3 is 2.65 bits per heavy atom. The van der Waals surface area contributed by atoms with Gasteiger partial charge in [0, 0.05) is 38.6 Å². The number of hydrogen-bond donors (Lipinski definition) is 2. The van der Waals surface area contributed by atoms with Gasteiger partial charge in [0.15, 0.2) is 0 Å². The molecule has 1 aliphatic heterocycles. The van der Waals surface area contributed by atoms with E-state index in [-0.39, 0.29) is 5.92 Å². The van der Waals surface area contributed by atoms with Crippen molar-refractivity contribution in [2.75, 3.05) is 32.7 Å². The van der Waals surface area contributed by atoms with Crippen LogP contribution in [-0.2, 0) is 0 Å². The summed E-state index contributed by atoms with van der Waals surface area (Å²) >= 11 is 0. The summed E-state index contributed by atoms with van der Waals surface area (Å²) < 4.78 is 0. The van der Waals surface area contributed by atoms with E-state index in [9.17, 15) is 10.4 Å². The lowest BCUT2D eigenvalue weighted by Gasteiger charge is -2.42. The Hall–Kier alpha value is -1.41. The third kappa shape index (κ3) is 3.92. The molecule has 0 spiro atoms. The second kappa shape index (κ2) is 7.44. The molecule has 0 radical (unpaired) electrons. The summed E-state index contributed by atoms with van der Waals surface area (Å²) in [7, 11) is 0. The molecular formula is C19H27N3O. The summed E-state index contributed by atoms with van der Waals surface area (Å²) in [5, 5.41) is 23.9. The SMILES string of the molecule is N#Cc1cccc([C@H](CN2CCNCC2)C2(O)CCCCC2)c1. The molecule has 0 bridgehead atoms. The highest BCUT2D eigenvalue weighted by Crippen LogP contribution is 2.40. The fourth-order valence-corrected chi connectivity index (χ4v) is 4.07. The van der Waals surface area contributed by atoms with E-state index in [2.05, 4.69) is 22.4 Å². The van der Waals surface area contributed by atoms with Crippen LogP contribution < -0.4 is 5.32 Å². The first-order valence-electron chi connectivity index (χ1n) is 8.87. The van der Waals surface area contributed by atoms with Gasteiger partial charge >= 0.3 is 0 Å². The Morgan fingerprint density at radius 2 is 1.96 bits per heavy atom. The molecule has 1 saturated carbocycles. The highest BCUT2D eigenvalue weighted by Gasteiger charge is 2.39. The average molecular weight is 313 g/mol. The fourth-order valence-electron chi connectivity index (χ4n) is 4.07. The van der Waals surface area contributed by atoms with E-state index in [0.29, 0.717) is 5.56 Å². The van der Waals surface area contributed by atoms with Crippen molar-refractivity contribution in [3.8, 4) is 6.07 Å². The van der Waals surface area contributed by atoms with Gasteiger partial charge in [-0.25, -0.2) is 0 Å². The van der Waals surface area contributed by atoms with Crippen LogP contribution in [0.4, 0.5) is 0 Å². The molecule has 4 heteroatoms. The number of nitriles is 1. The zero-order valence-corrected chi connectivity index (χ0v) is 13.8. The van der Waals surface area contributed by atoms with Crippen LogP contribution in [0, 0.1) is 11.3 Å². The molecule has 0 unspecified atom stereocenters. The standard InChI is InChI=1S/C19H27N3O/c20-14-16-5-4-6-17(13-16)18(15-22-11-9-21-10-12-22)19(23)7-2-1-3-8-19/h4-6,13,18,21,23H,1-3,7-12,15H2/t18-/m0/s1. The smallest absolute Gasteiger partial charge is 0.0991 e. The van der Waals surface area contributed by atoms with E-state index >= 15 is 0 Å². The molecule has 3 rings (SSSR count). The van der Waals surface area contributed by atoms with Gasteiger partial charge in [0.25, 0.3) is 0 Å². The van der Waals surface area contributed by atoms with Gasteiger partial charge in [0.05, 0.1) is 17.2 Å². The third-order valence-electron chi connectivity index (χ3n) is 5.44. The van der Waals surface area contributed by atoms with Crippen LogP contribution in [-0.4, -0.2) is 48.3 Å². The van der Waals surface area contributed by atoms with Gasteiger partial charge in [-0.15, -0.1) is 0 Å². The molecule has 4 nitrogen and oxygen atoms in total. The van der Waals surface area contributed by atoms with E-state index in [1.54, 1.807) is 0 Å². The topological polar surface area (TPSA) is 59.3 Å². The summed E-state index contributed by atoms with van der Waals surface area (Å²) in [6.07, 6.45) is 5.18. The maximum absolute atomic E-state index is 11.4. The minimum absolute atomic E-state index is 0.0919. The van der Waals surface area contributed by atoms with Crippen molar-refractivity contribution < 1.29 is 5.11 Å². The van der Waals surface area contributed by atoms with Crippen LogP contribution in [0.5, 0.6) is 0 Å². The molecule has 1 aromatic carbocycles. The van der Waals surface area contributed by atoms with Crippen LogP contribution in [0.1, 0.15) is 49.1 Å². The first-order chi connectivity index (χ1) is 11.2. The Balaban J connectivity index is 1.86. The monoisotopic (exact) mass is 313 g/mol. The highest BCUT2D eigenvalue weighted by molar-refractivity contribution is 5.36. The molecule has 1 saturated heterocycles. The number of rotatable bonds is 4.